The number of nitrogens with zero attached hydrogens (tertiary/aromatic N) is 2. The zero-order valence-electron chi connectivity index (χ0n) is 16.6. The van der Waals surface area contributed by atoms with Gasteiger partial charge in [0.1, 0.15) is 0 Å². The SMILES string of the molecule is CCc1ccc(S(=O)(=O)/N=c2/scc(-c3ccccc3)n2C2CCCCC2)cc1. The molecule has 0 N–H and O–H groups in total. The summed E-state index contributed by atoms with van der Waals surface area (Å²) < 4.78 is 32.5. The van der Waals surface area contributed by atoms with Gasteiger partial charge in [-0.25, -0.2) is 0 Å². The molecule has 6 heteroatoms. The Labute approximate surface area is 176 Å². The molecule has 0 atom stereocenters. The fourth-order valence-electron chi connectivity index (χ4n) is 3.95. The van der Waals surface area contributed by atoms with Crippen LogP contribution < -0.4 is 4.80 Å². The van der Waals surface area contributed by atoms with E-state index < -0.39 is 10.0 Å². The molecule has 152 valence electrons. The lowest BCUT2D eigenvalue weighted by atomic mass is 9.95. The first-order valence-corrected chi connectivity index (χ1v) is 12.6. The lowest BCUT2D eigenvalue weighted by molar-refractivity contribution is 0.351. The molecule has 0 saturated heterocycles. The van der Waals surface area contributed by atoms with Crippen LogP contribution in [0.5, 0.6) is 0 Å². The van der Waals surface area contributed by atoms with Crippen molar-refractivity contribution in [2.24, 2.45) is 4.40 Å². The summed E-state index contributed by atoms with van der Waals surface area (Å²) in [5.74, 6) is 0. The largest absolute Gasteiger partial charge is 0.313 e. The maximum atomic E-state index is 13.0. The van der Waals surface area contributed by atoms with Crippen molar-refractivity contribution in [3.05, 3.63) is 70.3 Å². The summed E-state index contributed by atoms with van der Waals surface area (Å²) in [6.45, 7) is 2.05. The van der Waals surface area contributed by atoms with Gasteiger partial charge in [0.15, 0.2) is 0 Å². The fraction of sp³-hybridized carbons (Fsp3) is 0.348. The molecule has 1 heterocycles. The Bertz CT molecular complexity index is 1120. The second-order valence-electron chi connectivity index (χ2n) is 7.50. The third-order valence-corrected chi connectivity index (χ3v) is 7.82. The molecule has 0 radical (unpaired) electrons. The third kappa shape index (κ3) is 4.38. The smallest absolute Gasteiger partial charge is 0.285 e. The van der Waals surface area contributed by atoms with Gasteiger partial charge in [0.05, 0.1) is 10.6 Å². The molecule has 0 spiro atoms. The molecule has 1 aliphatic rings. The topological polar surface area (TPSA) is 51.4 Å². The molecule has 4 rings (SSSR count). The fourth-order valence-corrected chi connectivity index (χ4v) is 6.12. The summed E-state index contributed by atoms with van der Waals surface area (Å²) in [7, 11) is -3.75. The van der Waals surface area contributed by atoms with Gasteiger partial charge < -0.3 is 4.57 Å². The standard InChI is InChI=1S/C23H26N2O2S2/c1-2-18-13-15-21(16-14-18)29(26,27)24-23-25(20-11-7-4-8-12-20)22(17-28-23)19-9-5-3-6-10-19/h3,5-6,9-10,13-17,20H,2,4,7-8,11-12H2,1H3/b24-23+. The van der Waals surface area contributed by atoms with E-state index in [4.69, 9.17) is 0 Å². The van der Waals surface area contributed by atoms with Crippen LogP contribution in [-0.2, 0) is 16.4 Å². The average Bonchev–Trinajstić information content (AvgIpc) is 3.18. The summed E-state index contributed by atoms with van der Waals surface area (Å²) in [6.07, 6.45) is 6.60. The van der Waals surface area contributed by atoms with E-state index in [2.05, 4.69) is 28.0 Å². The minimum Gasteiger partial charge on any atom is -0.313 e. The Morgan fingerprint density at radius 1 is 1.00 bits per heavy atom. The molecule has 29 heavy (non-hydrogen) atoms. The van der Waals surface area contributed by atoms with Crippen LogP contribution in [0.3, 0.4) is 0 Å². The van der Waals surface area contributed by atoms with Gasteiger partial charge in [-0.3, -0.25) is 0 Å². The van der Waals surface area contributed by atoms with E-state index >= 15 is 0 Å². The monoisotopic (exact) mass is 426 g/mol. The molecule has 1 aliphatic carbocycles. The Hall–Kier alpha value is -2.18. The summed E-state index contributed by atoms with van der Waals surface area (Å²) >= 11 is 1.41. The second-order valence-corrected chi connectivity index (χ2v) is 9.94. The van der Waals surface area contributed by atoms with E-state index in [9.17, 15) is 8.42 Å². The quantitative estimate of drug-likeness (QED) is 0.535. The minimum absolute atomic E-state index is 0.250. The molecule has 4 nitrogen and oxygen atoms in total. The Morgan fingerprint density at radius 2 is 1.69 bits per heavy atom. The van der Waals surface area contributed by atoms with Gasteiger partial charge in [-0.05, 0) is 42.5 Å². The van der Waals surface area contributed by atoms with E-state index in [0.717, 1.165) is 36.1 Å². The van der Waals surface area contributed by atoms with Crippen LogP contribution in [0.4, 0.5) is 0 Å². The number of hydrogen-bond acceptors (Lipinski definition) is 3. The summed E-state index contributed by atoms with van der Waals surface area (Å²) in [5, 5.41) is 2.04. The summed E-state index contributed by atoms with van der Waals surface area (Å²) in [5.41, 5.74) is 3.27. The first kappa shape index (κ1) is 20.1. The van der Waals surface area contributed by atoms with Gasteiger partial charge in [-0.1, -0.05) is 68.7 Å². The molecule has 3 aromatic rings. The number of aromatic nitrogens is 1. The Morgan fingerprint density at radius 3 is 2.34 bits per heavy atom. The minimum atomic E-state index is -3.75. The van der Waals surface area contributed by atoms with Crippen LogP contribution in [0.15, 0.2) is 69.3 Å². The molecule has 0 amide bonds. The first-order chi connectivity index (χ1) is 14.1. The third-order valence-electron chi connectivity index (χ3n) is 5.58. The molecular weight excluding hydrogens is 400 g/mol. The van der Waals surface area contributed by atoms with Crippen molar-refractivity contribution in [3.63, 3.8) is 0 Å². The average molecular weight is 427 g/mol. The van der Waals surface area contributed by atoms with Crippen molar-refractivity contribution in [3.8, 4) is 11.3 Å². The lowest BCUT2D eigenvalue weighted by Gasteiger charge is -2.25. The molecule has 1 saturated carbocycles. The van der Waals surface area contributed by atoms with Gasteiger partial charge in [-0.15, -0.1) is 15.7 Å². The van der Waals surface area contributed by atoms with E-state index in [1.807, 2.05) is 35.7 Å². The van der Waals surface area contributed by atoms with Crippen LogP contribution in [0.1, 0.15) is 50.6 Å². The highest BCUT2D eigenvalue weighted by Crippen LogP contribution is 2.32. The molecule has 2 aromatic carbocycles. The number of rotatable bonds is 5. The van der Waals surface area contributed by atoms with Crippen molar-refractivity contribution in [1.82, 2.24) is 4.57 Å². The molecule has 1 aromatic heterocycles. The van der Waals surface area contributed by atoms with Crippen LogP contribution in [0.2, 0.25) is 0 Å². The predicted molar refractivity (Wildman–Crippen MR) is 118 cm³/mol. The van der Waals surface area contributed by atoms with Crippen LogP contribution in [0.25, 0.3) is 11.3 Å². The Balaban J connectivity index is 1.83. The van der Waals surface area contributed by atoms with Crippen LogP contribution in [0, 0.1) is 0 Å². The number of sulfonamides is 1. The summed E-state index contributed by atoms with van der Waals surface area (Å²) in [6, 6.07) is 17.5. The maximum Gasteiger partial charge on any atom is 0.285 e. The van der Waals surface area contributed by atoms with Gasteiger partial charge >= 0.3 is 0 Å². The van der Waals surface area contributed by atoms with Gasteiger partial charge in [0, 0.05) is 11.4 Å². The highest BCUT2D eigenvalue weighted by atomic mass is 32.2. The highest BCUT2D eigenvalue weighted by molar-refractivity contribution is 7.90. The molecule has 0 aliphatic heterocycles. The van der Waals surface area contributed by atoms with E-state index in [1.54, 1.807) is 12.1 Å². The van der Waals surface area contributed by atoms with Crippen molar-refractivity contribution < 1.29 is 8.42 Å². The lowest BCUT2D eigenvalue weighted by Crippen LogP contribution is -2.25. The van der Waals surface area contributed by atoms with Crippen molar-refractivity contribution >= 4 is 21.4 Å². The number of thiazole rings is 1. The van der Waals surface area contributed by atoms with E-state index in [1.165, 1.54) is 30.6 Å². The Kier molecular flexibility index (Phi) is 6.01. The first-order valence-electron chi connectivity index (χ1n) is 10.2. The van der Waals surface area contributed by atoms with Crippen molar-refractivity contribution in [1.29, 1.82) is 0 Å². The highest BCUT2D eigenvalue weighted by Gasteiger charge is 2.22. The van der Waals surface area contributed by atoms with Crippen molar-refractivity contribution in [2.75, 3.05) is 0 Å². The molecule has 0 bridgehead atoms. The van der Waals surface area contributed by atoms with E-state index in [-0.39, 0.29) is 4.90 Å². The molecule has 0 unspecified atom stereocenters. The molecular formula is C23H26N2O2S2. The van der Waals surface area contributed by atoms with Gasteiger partial charge in [-0.2, -0.15) is 8.42 Å². The number of aryl methyl sites for hydroxylation is 1. The normalized spacial score (nSPS) is 16.2. The second kappa shape index (κ2) is 8.67. The number of benzene rings is 2. The van der Waals surface area contributed by atoms with Crippen molar-refractivity contribution in [2.45, 2.75) is 56.4 Å². The number of hydrogen-bond donors (Lipinski definition) is 0. The maximum absolute atomic E-state index is 13.0. The van der Waals surface area contributed by atoms with Crippen LogP contribution >= 0.6 is 11.3 Å². The zero-order chi connectivity index (χ0) is 20.3. The van der Waals surface area contributed by atoms with Gasteiger partial charge in [0.25, 0.3) is 10.0 Å². The predicted octanol–water partition coefficient (Wildman–Crippen LogP) is 5.57. The van der Waals surface area contributed by atoms with Gasteiger partial charge in [0.2, 0.25) is 4.80 Å². The molecule has 1 fully saturated rings. The summed E-state index contributed by atoms with van der Waals surface area (Å²) in [4.78, 5) is 0.815. The zero-order valence-corrected chi connectivity index (χ0v) is 18.3. The van der Waals surface area contributed by atoms with E-state index in [0.29, 0.717) is 10.8 Å². The van der Waals surface area contributed by atoms with Crippen LogP contribution in [-0.4, -0.2) is 13.0 Å².